The minimum absolute atomic E-state index is 0.689. The molecular formula is C12H21N3. The molecule has 0 saturated heterocycles. The number of imidazole rings is 1. The molecule has 1 saturated carbocycles. The SMILES string of the molecule is Cc1c(C2CCCC2)nc(CCN)n1C. The Balaban J connectivity index is 2.27. The first kappa shape index (κ1) is 10.7. The predicted molar refractivity (Wildman–Crippen MR) is 61.9 cm³/mol. The van der Waals surface area contributed by atoms with E-state index in [0.717, 1.165) is 12.2 Å². The molecule has 0 unspecified atom stereocenters. The second-order valence-corrected chi connectivity index (χ2v) is 4.58. The summed E-state index contributed by atoms with van der Waals surface area (Å²) in [5.41, 5.74) is 8.26. The molecule has 1 fully saturated rings. The molecule has 3 nitrogen and oxygen atoms in total. The highest BCUT2D eigenvalue weighted by molar-refractivity contribution is 5.21. The van der Waals surface area contributed by atoms with Gasteiger partial charge in [0, 0.05) is 25.1 Å². The van der Waals surface area contributed by atoms with Crippen molar-refractivity contribution in [3.63, 3.8) is 0 Å². The summed E-state index contributed by atoms with van der Waals surface area (Å²) in [6.07, 6.45) is 6.27. The van der Waals surface area contributed by atoms with Gasteiger partial charge in [-0.15, -0.1) is 0 Å². The third-order valence-electron chi connectivity index (χ3n) is 3.62. The van der Waals surface area contributed by atoms with Crippen molar-refractivity contribution in [1.29, 1.82) is 0 Å². The van der Waals surface area contributed by atoms with Crippen molar-refractivity contribution >= 4 is 0 Å². The maximum atomic E-state index is 5.59. The van der Waals surface area contributed by atoms with Gasteiger partial charge in [-0.05, 0) is 26.3 Å². The maximum Gasteiger partial charge on any atom is 0.110 e. The first-order chi connectivity index (χ1) is 7.24. The van der Waals surface area contributed by atoms with Crippen LogP contribution in [-0.2, 0) is 13.5 Å². The molecule has 0 aromatic carbocycles. The third-order valence-corrected chi connectivity index (χ3v) is 3.62. The molecule has 15 heavy (non-hydrogen) atoms. The molecule has 0 bridgehead atoms. The Hall–Kier alpha value is -0.830. The number of hydrogen-bond donors (Lipinski definition) is 1. The first-order valence-corrected chi connectivity index (χ1v) is 5.96. The van der Waals surface area contributed by atoms with Crippen LogP contribution in [0.15, 0.2) is 0 Å². The summed E-state index contributed by atoms with van der Waals surface area (Å²) < 4.78 is 2.21. The van der Waals surface area contributed by atoms with Gasteiger partial charge in [-0.25, -0.2) is 4.98 Å². The van der Waals surface area contributed by atoms with Gasteiger partial charge in [0.15, 0.2) is 0 Å². The monoisotopic (exact) mass is 207 g/mol. The summed E-state index contributed by atoms with van der Waals surface area (Å²) in [6.45, 7) is 2.87. The van der Waals surface area contributed by atoms with Gasteiger partial charge in [0.2, 0.25) is 0 Å². The Morgan fingerprint density at radius 2 is 2.07 bits per heavy atom. The highest BCUT2D eigenvalue weighted by atomic mass is 15.1. The van der Waals surface area contributed by atoms with Gasteiger partial charge < -0.3 is 10.3 Å². The molecule has 3 heteroatoms. The third kappa shape index (κ3) is 1.93. The highest BCUT2D eigenvalue weighted by Crippen LogP contribution is 2.35. The maximum absolute atomic E-state index is 5.59. The molecule has 2 rings (SSSR count). The van der Waals surface area contributed by atoms with Crippen LogP contribution in [0.3, 0.4) is 0 Å². The van der Waals surface area contributed by atoms with Crippen LogP contribution in [0, 0.1) is 6.92 Å². The smallest absolute Gasteiger partial charge is 0.110 e. The van der Waals surface area contributed by atoms with Crippen LogP contribution in [0.5, 0.6) is 0 Å². The van der Waals surface area contributed by atoms with Crippen LogP contribution in [0.2, 0.25) is 0 Å². The Morgan fingerprint density at radius 1 is 1.40 bits per heavy atom. The lowest BCUT2D eigenvalue weighted by Crippen LogP contribution is -2.08. The average molecular weight is 207 g/mol. The van der Waals surface area contributed by atoms with Crippen molar-refractivity contribution in [2.45, 2.75) is 44.9 Å². The van der Waals surface area contributed by atoms with E-state index in [1.54, 1.807) is 0 Å². The first-order valence-electron chi connectivity index (χ1n) is 5.96. The molecule has 1 aliphatic rings. The van der Waals surface area contributed by atoms with Crippen molar-refractivity contribution in [1.82, 2.24) is 9.55 Å². The normalized spacial score (nSPS) is 17.5. The zero-order chi connectivity index (χ0) is 10.8. The molecule has 0 aliphatic heterocycles. The lowest BCUT2D eigenvalue weighted by Gasteiger charge is -2.06. The number of hydrogen-bond acceptors (Lipinski definition) is 2. The van der Waals surface area contributed by atoms with E-state index in [9.17, 15) is 0 Å². The molecule has 1 aliphatic carbocycles. The molecule has 84 valence electrons. The molecule has 0 radical (unpaired) electrons. The van der Waals surface area contributed by atoms with Crippen molar-refractivity contribution in [3.05, 3.63) is 17.2 Å². The van der Waals surface area contributed by atoms with E-state index in [2.05, 4.69) is 18.5 Å². The lowest BCUT2D eigenvalue weighted by molar-refractivity contribution is 0.692. The molecule has 1 aromatic heterocycles. The van der Waals surface area contributed by atoms with Gasteiger partial charge in [-0.1, -0.05) is 12.8 Å². The molecule has 0 atom stereocenters. The Kier molecular flexibility index (Phi) is 3.10. The standard InChI is InChI=1S/C12H21N3/c1-9-12(10-5-3-4-6-10)14-11(7-8-13)15(9)2/h10H,3-8,13H2,1-2H3. The highest BCUT2D eigenvalue weighted by Gasteiger charge is 2.23. The van der Waals surface area contributed by atoms with Crippen LogP contribution >= 0.6 is 0 Å². The summed E-state index contributed by atoms with van der Waals surface area (Å²) in [5, 5.41) is 0. The van der Waals surface area contributed by atoms with Crippen molar-refractivity contribution in [2.24, 2.45) is 12.8 Å². The van der Waals surface area contributed by atoms with Crippen LogP contribution in [0.1, 0.15) is 48.8 Å². The second kappa shape index (κ2) is 4.35. The molecule has 0 spiro atoms. The van der Waals surface area contributed by atoms with Gasteiger partial charge in [0.05, 0.1) is 5.69 Å². The number of nitrogens with two attached hydrogens (primary N) is 1. The fourth-order valence-corrected chi connectivity index (χ4v) is 2.60. The van der Waals surface area contributed by atoms with Gasteiger partial charge in [-0.2, -0.15) is 0 Å². The topological polar surface area (TPSA) is 43.8 Å². The number of aromatic nitrogens is 2. The van der Waals surface area contributed by atoms with Crippen LogP contribution in [0.4, 0.5) is 0 Å². The molecular weight excluding hydrogens is 186 g/mol. The van der Waals surface area contributed by atoms with E-state index in [1.165, 1.54) is 37.1 Å². The van der Waals surface area contributed by atoms with Crippen LogP contribution < -0.4 is 5.73 Å². The number of nitrogens with zero attached hydrogens (tertiary/aromatic N) is 2. The summed E-state index contributed by atoms with van der Waals surface area (Å²) >= 11 is 0. The Bertz CT molecular complexity index is 335. The van der Waals surface area contributed by atoms with E-state index in [-0.39, 0.29) is 0 Å². The molecule has 2 N–H and O–H groups in total. The van der Waals surface area contributed by atoms with E-state index >= 15 is 0 Å². The lowest BCUT2D eigenvalue weighted by atomic mass is 10.0. The quantitative estimate of drug-likeness (QED) is 0.822. The minimum Gasteiger partial charge on any atom is -0.335 e. The van der Waals surface area contributed by atoms with Crippen LogP contribution in [-0.4, -0.2) is 16.1 Å². The summed E-state index contributed by atoms with van der Waals surface area (Å²) in [6, 6.07) is 0. The van der Waals surface area contributed by atoms with Crippen molar-refractivity contribution < 1.29 is 0 Å². The summed E-state index contributed by atoms with van der Waals surface area (Å²) in [7, 11) is 2.10. The molecule has 0 amide bonds. The van der Waals surface area contributed by atoms with E-state index in [0.29, 0.717) is 12.5 Å². The average Bonchev–Trinajstić information content (AvgIpc) is 2.82. The minimum atomic E-state index is 0.689. The van der Waals surface area contributed by atoms with E-state index < -0.39 is 0 Å². The van der Waals surface area contributed by atoms with Gasteiger partial charge in [0.1, 0.15) is 5.82 Å². The fourth-order valence-electron chi connectivity index (χ4n) is 2.60. The Morgan fingerprint density at radius 3 is 2.67 bits per heavy atom. The zero-order valence-corrected chi connectivity index (χ0v) is 9.79. The zero-order valence-electron chi connectivity index (χ0n) is 9.79. The van der Waals surface area contributed by atoms with E-state index in [1.807, 2.05) is 0 Å². The van der Waals surface area contributed by atoms with Gasteiger partial charge >= 0.3 is 0 Å². The second-order valence-electron chi connectivity index (χ2n) is 4.58. The summed E-state index contributed by atoms with van der Waals surface area (Å²) in [5.74, 6) is 1.86. The largest absolute Gasteiger partial charge is 0.335 e. The number of rotatable bonds is 3. The van der Waals surface area contributed by atoms with Crippen LogP contribution in [0.25, 0.3) is 0 Å². The predicted octanol–water partition coefficient (Wildman–Crippen LogP) is 1.89. The van der Waals surface area contributed by atoms with Gasteiger partial charge in [-0.3, -0.25) is 0 Å². The molecule has 1 heterocycles. The van der Waals surface area contributed by atoms with Crippen molar-refractivity contribution in [2.75, 3.05) is 6.54 Å². The summed E-state index contributed by atoms with van der Waals surface area (Å²) in [4.78, 5) is 4.76. The fraction of sp³-hybridized carbons (Fsp3) is 0.750. The van der Waals surface area contributed by atoms with Crippen molar-refractivity contribution in [3.8, 4) is 0 Å². The van der Waals surface area contributed by atoms with E-state index in [4.69, 9.17) is 10.7 Å². The molecule has 1 aromatic rings. The van der Waals surface area contributed by atoms with Gasteiger partial charge in [0.25, 0.3) is 0 Å². The Labute approximate surface area is 91.7 Å².